The molecule has 2 aromatic heterocycles. The van der Waals surface area contributed by atoms with Crippen molar-refractivity contribution < 1.29 is 14.7 Å². The summed E-state index contributed by atoms with van der Waals surface area (Å²) in [5.41, 5.74) is 6.87. The maximum Gasteiger partial charge on any atom is 0.404 e. The van der Waals surface area contributed by atoms with Crippen molar-refractivity contribution >= 4 is 22.9 Å². The monoisotopic (exact) mass is 429 g/mol. The number of amides is 2. The average Bonchev–Trinajstić information content (AvgIpc) is 3.12. The number of rotatable bonds is 6. The van der Waals surface area contributed by atoms with E-state index in [1.807, 2.05) is 43.3 Å². The number of benzene rings is 2. The van der Waals surface area contributed by atoms with Crippen LogP contribution in [0.4, 0.5) is 4.79 Å². The SMILES string of the molecule is Cc1ncncc1C(=O)NCc1ccc2[nH]c(-c3ccccc3CNC(=O)O)c(C)c2c1. The molecule has 162 valence electrons. The molecule has 0 aliphatic rings. The van der Waals surface area contributed by atoms with Crippen LogP contribution < -0.4 is 10.6 Å². The Morgan fingerprint density at radius 1 is 1.06 bits per heavy atom. The number of aryl methyl sites for hydroxylation is 2. The Hall–Kier alpha value is -4.20. The van der Waals surface area contributed by atoms with Crippen LogP contribution in [0.1, 0.15) is 32.7 Å². The first-order valence-electron chi connectivity index (χ1n) is 10.1. The van der Waals surface area contributed by atoms with E-state index in [1.165, 1.54) is 12.5 Å². The molecule has 0 aliphatic carbocycles. The molecular weight excluding hydrogens is 406 g/mol. The Labute approximate surface area is 184 Å². The van der Waals surface area contributed by atoms with E-state index < -0.39 is 6.09 Å². The van der Waals surface area contributed by atoms with Crippen molar-refractivity contribution in [3.63, 3.8) is 0 Å². The molecule has 4 N–H and O–H groups in total. The van der Waals surface area contributed by atoms with Gasteiger partial charge in [0, 0.05) is 41.4 Å². The third-order valence-corrected chi connectivity index (χ3v) is 5.45. The minimum Gasteiger partial charge on any atom is -0.465 e. The number of fused-ring (bicyclic) bond motifs is 1. The Bertz CT molecular complexity index is 1310. The number of nitrogens with zero attached hydrogens (tertiary/aromatic N) is 2. The lowest BCUT2D eigenvalue weighted by molar-refractivity contribution is 0.0949. The number of carbonyl (C=O) groups is 2. The molecule has 0 atom stereocenters. The lowest BCUT2D eigenvalue weighted by Crippen LogP contribution is -2.24. The van der Waals surface area contributed by atoms with Crippen LogP contribution in [-0.2, 0) is 13.1 Å². The molecule has 8 heteroatoms. The first kappa shape index (κ1) is 21.0. The van der Waals surface area contributed by atoms with Crippen LogP contribution in [0.3, 0.4) is 0 Å². The zero-order valence-electron chi connectivity index (χ0n) is 17.8. The maximum absolute atomic E-state index is 12.5. The van der Waals surface area contributed by atoms with Gasteiger partial charge in [0.25, 0.3) is 5.91 Å². The second-order valence-electron chi connectivity index (χ2n) is 7.53. The molecule has 0 saturated heterocycles. The summed E-state index contributed by atoms with van der Waals surface area (Å²) >= 11 is 0. The van der Waals surface area contributed by atoms with E-state index >= 15 is 0 Å². The van der Waals surface area contributed by atoms with E-state index in [0.29, 0.717) is 17.8 Å². The molecule has 0 aliphatic heterocycles. The smallest absolute Gasteiger partial charge is 0.404 e. The molecule has 0 radical (unpaired) electrons. The molecule has 2 amide bonds. The first-order chi connectivity index (χ1) is 15.4. The van der Waals surface area contributed by atoms with Gasteiger partial charge in [-0.25, -0.2) is 14.8 Å². The standard InChI is InChI=1S/C24H23N5O3/c1-14-19-9-16(10-26-23(30)20-12-25-13-28-15(20)2)7-8-21(19)29-22(14)18-6-4-3-5-17(18)11-27-24(31)32/h3-9,12-13,27,29H,10-11H2,1-2H3,(H,26,30)(H,31,32). The molecule has 0 spiro atoms. The highest BCUT2D eigenvalue weighted by Gasteiger charge is 2.14. The third kappa shape index (κ3) is 4.29. The van der Waals surface area contributed by atoms with Gasteiger partial charge in [0.2, 0.25) is 0 Å². The summed E-state index contributed by atoms with van der Waals surface area (Å²) in [5.74, 6) is -0.213. The van der Waals surface area contributed by atoms with Crippen LogP contribution in [-0.4, -0.2) is 32.1 Å². The summed E-state index contributed by atoms with van der Waals surface area (Å²) in [7, 11) is 0. The fourth-order valence-corrected chi connectivity index (χ4v) is 3.73. The number of H-pyrrole nitrogens is 1. The first-order valence-corrected chi connectivity index (χ1v) is 10.1. The molecule has 32 heavy (non-hydrogen) atoms. The summed E-state index contributed by atoms with van der Waals surface area (Å²) in [6.07, 6.45) is 1.87. The highest BCUT2D eigenvalue weighted by atomic mass is 16.4. The minimum atomic E-state index is -1.06. The Kier molecular flexibility index (Phi) is 5.85. The molecule has 8 nitrogen and oxygen atoms in total. The molecule has 4 aromatic rings. The highest BCUT2D eigenvalue weighted by molar-refractivity contribution is 5.95. The van der Waals surface area contributed by atoms with Gasteiger partial charge in [0.1, 0.15) is 6.33 Å². The van der Waals surface area contributed by atoms with E-state index in [9.17, 15) is 9.59 Å². The summed E-state index contributed by atoms with van der Waals surface area (Å²) in [4.78, 5) is 34.8. The van der Waals surface area contributed by atoms with Crippen LogP contribution in [0.2, 0.25) is 0 Å². The number of hydrogen-bond acceptors (Lipinski definition) is 4. The predicted octanol–water partition coefficient (Wildman–Crippen LogP) is 3.94. The van der Waals surface area contributed by atoms with Gasteiger partial charge >= 0.3 is 6.09 Å². The van der Waals surface area contributed by atoms with Crippen LogP contribution in [0, 0.1) is 13.8 Å². The van der Waals surface area contributed by atoms with E-state index in [2.05, 4.69) is 31.7 Å². The van der Waals surface area contributed by atoms with Gasteiger partial charge in [0.15, 0.2) is 0 Å². The fourth-order valence-electron chi connectivity index (χ4n) is 3.73. The molecule has 4 rings (SSSR count). The van der Waals surface area contributed by atoms with Crippen molar-refractivity contribution in [1.82, 2.24) is 25.6 Å². The normalized spacial score (nSPS) is 10.8. The van der Waals surface area contributed by atoms with E-state index in [4.69, 9.17) is 5.11 Å². The number of hydrogen-bond donors (Lipinski definition) is 4. The quantitative estimate of drug-likeness (QED) is 0.370. The van der Waals surface area contributed by atoms with Gasteiger partial charge in [-0.15, -0.1) is 0 Å². The number of carbonyl (C=O) groups excluding carboxylic acids is 1. The Morgan fingerprint density at radius 2 is 1.88 bits per heavy atom. The predicted molar refractivity (Wildman–Crippen MR) is 121 cm³/mol. The topological polar surface area (TPSA) is 120 Å². The van der Waals surface area contributed by atoms with Crippen molar-refractivity contribution in [3.05, 3.63) is 82.9 Å². The van der Waals surface area contributed by atoms with Gasteiger partial charge in [-0.3, -0.25) is 4.79 Å². The van der Waals surface area contributed by atoms with Crippen molar-refractivity contribution in [2.75, 3.05) is 0 Å². The number of nitrogens with one attached hydrogen (secondary N) is 3. The van der Waals surface area contributed by atoms with E-state index in [1.54, 1.807) is 6.92 Å². The molecule has 2 aromatic carbocycles. The van der Waals surface area contributed by atoms with Gasteiger partial charge in [-0.1, -0.05) is 30.3 Å². The summed E-state index contributed by atoms with van der Waals surface area (Å²) in [6, 6.07) is 13.7. The number of aromatic nitrogens is 3. The van der Waals surface area contributed by atoms with Gasteiger partial charge < -0.3 is 20.7 Å². The molecular formula is C24H23N5O3. The lowest BCUT2D eigenvalue weighted by Gasteiger charge is -2.09. The molecule has 0 unspecified atom stereocenters. The molecule has 0 fully saturated rings. The molecule has 0 saturated carbocycles. The van der Waals surface area contributed by atoms with Crippen molar-refractivity contribution in [2.45, 2.75) is 26.9 Å². The minimum absolute atomic E-state index is 0.213. The number of carboxylic acid groups (broad SMARTS) is 1. The van der Waals surface area contributed by atoms with Crippen LogP contribution in [0.15, 0.2) is 55.0 Å². The highest BCUT2D eigenvalue weighted by Crippen LogP contribution is 2.32. The third-order valence-electron chi connectivity index (χ3n) is 5.45. The Balaban J connectivity index is 1.59. The van der Waals surface area contributed by atoms with Gasteiger partial charge in [-0.05, 0) is 42.7 Å². The zero-order valence-corrected chi connectivity index (χ0v) is 17.8. The second-order valence-corrected chi connectivity index (χ2v) is 7.53. The van der Waals surface area contributed by atoms with Gasteiger partial charge in [0.05, 0.1) is 11.3 Å². The van der Waals surface area contributed by atoms with Crippen LogP contribution >= 0.6 is 0 Å². The van der Waals surface area contributed by atoms with Gasteiger partial charge in [-0.2, -0.15) is 0 Å². The molecule has 2 heterocycles. The summed E-state index contributed by atoms with van der Waals surface area (Å²) < 4.78 is 0. The van der Waals surface area contributed by atoms with Crippen LogP contribution in [0.25, 0.3) is 22.2 Å². The number of aromatic amines is 1. The molecule has 0 bridgehead atoms. The van der Waals surface area contributed by atoms with E-state index in [0.717, 1.165) is 38.9 Å². The van der Waals surface area contributed by atoms with Crippen molar-refractivity contribution in [1.29, 1.82) is 0 Å². The van der Waals surface area contributed by atoms with Crippen LogP contribution in [0.5, 0.6) is 0 Å². The van der Waals surface area contributed by atoms with E-state index in [-0.39, 0.29) is 12.5 Å². The summed E-state index contributed by atoms with van der Waals surface area (Å²) in [6.45, 7) is 4.40. The van der Waals surface area contributed by atoms with Crippen molar-refractivity contribution in [3.8, 4) is 11.3 Å². The second kappa shape index (κ2) is 8.89. The van der Waals surface area contributed by atoms with Crippen molar-refractivity contribution in [2.24, 2.45) is 0 Å². The zero-order chi connectivity index (χ0) is 22.7. The average molecular weight is 429 g/mol. The summed E-state index contributed by atoms with van der Waals surface area (Å²) in [5, 5.41) is 15.4. The largest absolute Gasteiger partial charge is 0.465 e. The maximum atomic E-state index is 12.5. The fraction of sp³-hybridized carbons (Fsp3) is 0.167. The Morgan fingerprint density at radius 3 is 2.66 bits per heavy atom. The lowest BCUT2D eigenvalue weighted by atomic mass is 10.0.